The molecule has 5 atom stereocenters. The van der Waals surface area contributed by atoms with Crippen molar-refractivity contribution in [2.45, 2.75) is 48.2 Å². The normalized spacial score (nSPS) is 25.2. The number of nitrogens with one attached hydrogen (secondary N) is 1. The topological polar surface area (TPSA) is 69.6 Å². The van der Waals surface area contributed by atoms with Gasteiger partial charge in [0.25, 0.3) is 0 Å². The van der Waals surface area contributed by atoms with Gasteiger partial charge in [0.1, 0.15) is 6.54 Å². The lowest BCUT2D eigenvalue weighted by Gasteiger charge is -2.40. The summed E-state index contributed by atoms with van der Waals surface area (Å²) < 4.78 is 51.9. The molecule has 3 aromatic rings. The molecular formula is C28H27F3N2O4S2. The van der Waals surface area contributed by atoms with Crippen LogP contribution in [0.4, 0.5) is 18.9 Å². The monoisotopic (exact) mass is 576 g/mol. The maximum Gasteiger partial charge on any atom is 0.416 e. The number of halogens is 3. The van der Waals surface area contributed by atoms with Crippen LogP contribution in [0.3, 0.4) is 0 Å². The van der Waals surface area contributed by atoms with Gasteiger partial charge in [0, 0.05) is 21.7 Å². The first-order valence-corrected chi connectivity index (χ1v) is 14.5. The lowest BCUT2D eigenvalue weighted by atomic mass is 9.75. The Morgan fingerprint density at radius 3 is 2.59 bits per heavy atom. The van der Waals surface area contributed by atoms with Crippen LogP contribution < -0.4 is 19.7 Å². The molecule has 2 fully saturated rings. The highest BCUT2D eigenvalue weighted by Crippen LogP contribution is 2.64. The number of benzene rings is 2. The molecule has 2 aliphatic carbocycles. The van der Waals surface area contributed by atoms with Crippen molar-refractivity contribution in [3.63, 3.8) is 0 Å². The standard InChI is InChI=1S/C28H27F3N2O4S2/c1-36-19-9-8-15(11-20(19)37-2)23-22-14-6-7-16(10-14)24(22)38-26-25(23)39-27(35)33(26)13-21(34)32-18-5-3-4-17(12-18)28(29,30)31/h3-5,8-9,11-12,14,16,22-24H,6-7,10,13H2,1-2H3,(H,32,34). The Hall–Kier alpha value is -2.92. The molecule has 1 N–H and O–H groups in total. The average Bonchev–Trinajstić information content (AvgIpc) is 3.61. The third-order valence-electron chi connectivity index (χ3n) is 8.23. The zero-order valence-electron chi connectivity index (χ0n) is 21.3. The van der Waals surface area contributed by atoms with Gasteiger partial charge in [-0.2, -0.15) is 13.2 Å². The first-order chi connectivity index (χ1) is 18.7. The molecule has 39 heavy (non-hydrogen) atoms. The number of rotatable bonds is 6. The number of ether oxygens (including phenoxy) is 2. The summed E-state index contributed by atoms with van der Waals surface area (Å²) in [6, 6.07) is 10.4. The Morgan fingerprint density at radius 2 is 1.85 bits per heavy atom. The maximum absolute atomic E-state index is 13.3. The number of thiazole rings is 1. The van der Waals surface area contributed by atoms with E-state index in [4.69, 9.17) is 9.47 Å². The number of fused-ring (bicyclic) bond motifs is 6. The van der Waals surface area contributed by atoms with Gasteiger partial charge in [0.15, 0.2) is 11.5 Å². The molecule has 206 valence electrons. The first kappa shape index (κ1) is 26.3. The van der Waals surface area contributed by atoms with Gasteiger partial charge in [0.2, 0.25) is 5.91 Å². The Kier molecular flexibility index (Phi) is 6.69. The molecule has 2 heterocycles. The Labute approximate surface area is 231 Å². The molecule has 2 aromatic carbocycles. The van der Waals surface area contributed by atoms with E-state index in [1.165, 1.54) is 29.5 Å². The number of alkyl halides is 3. The van der Waals surface area contributed by atoms with Crippen LogP contribution in [-0.2, 0) is 17.5 Å². The van der Waals surface area contributed by atoms with Crippen molar-refractivity contribution < 1.29 is 27.4 Å². The van der Waals surface area contributed by atoms with Gasteiger partial charge in [-0.1, -0.05) is 23.5 Å². The predicted molar refractivity (Wildman–Crippen MR) is 144 cm³/mol. The van der Waals surface area contributed by atoms with Gasteiger partial charge in [-0.3, -0.25) is 14.2 Å². The molecule has 3 aliphatic rings. The predicted octanol–water partition coefficient (Wildman–Crippen LogP) is 6.24. The van der Waals surface area contributed by atoms with Gasteiger partial charge in [-0.15, -0.1) is 11.8 Å². The summed E-state index contributed by atoms with van der Waals surface area (Å²) in [6.45, 7) is -0.266. The van der Waals surface area contributed by atoms with E-state index < -0.39 is 17.6 Å². The second-order valence-corrected chi connectivity index (χ2v) is 12.5. The van der Waals surface area contributed by atoms with Crippen molar-refractivity contribution in [3.05, 3.63) is 68.1 Å². The molecule has 0 spiro atoms. The van der Waals surface area contributed by atoms with Crippen LogP contribution in [0.1, 0.15) is 41.2 Å². The Morgan fingerprint density at radius 1 is 1.08 bits per heavy atom. The van der Waals surface area contributed by atoms with Crippen molar-refractivity contribution in [1.29, 1.82) is 0 Å². The molecule has 0 saturated heterocycles. The number of carbonyl (C=O) groups excluding carboxylic acids is 1. The molecule has 5 unspecified atom stereocenters. The summed E-state index contributed by atoms with van der Waals surface area (Å²) in [5.41, 5.74) is 0.246. The summed E-state index contributed by atoms with van der Waals surface area (Å²) in [7, 11) is 3.19. The number of carbonyl (C=O) groups is 1. The lowest BCUT2D eigenvalue weighted by Crippen LogP contribution is -2.34. The summed E-state index contributed by atoms with van der Waals surface area (Å²) >= 11 is 2.86. The molecule has 2 bridgehead atoms. The molecule has 0 radical (unpaired) electrons. The number of amides is 1. The average molecular weight is 577 g/mol. The van der Waals surface area contributed by atoms with Gasteiger partial charge in [-0.25, -0.2) is 0 Å². The van der Waals surface area contributed by atoms with E-state index >= 15 is 0 Å². The van der Waals surface area contributed by atoms with Crippen molar-refractivity contribution in [2.75, 3.05) is 19.5 Å². The van der Waals surface area contributed by atoms with Crippen molar-refractivity contribution in [1.82, 2.24) is 4.57 Å². The number of thioether (sulfide) groups is 1. The van der Waals surface area contributed by atoms with Crippen molar-refractivity contribution in [3.8, 4) is 11.5 Å². The quantitative estimate of drug-likeness (QED) is 0.377. The third kappa shape index (κ3) is 4.63. The highest BCUT2D eigenvalue weighted by atomic mass is 32.2. The number of aromatic nitrogens is 1. The van der Waals surface area contributed by atoms with Crippen LogP contribution in [0.25, 0.3) is 0 Å². The van der Waals surface area contributed by atoms with Crippen molar-refractivity contribution in [2.24, 2.45) is 17.8 Å². The Bertz CT molecular complexity index is 1480. The van der Waals surface area contributed by atoms with E-state index in [-0.39, 0.29) is 23.0 Å². The van der Waals surface area contributed by atoms with Gasteiger partial charge in [0.05, 0.1) is 24.8 Å². The summed E-state index contributed by atoms with van der Waals surface area (Å²) in [5.74, 6) is 2.22. The molecule has 1 amide bonds. The first-order valence-electron chi connectivity index (χ1n) is 12.8. The van der Waals surface area contributed by atoms with Gasteiger partial charge in [-0.05, 0) is 72.9 Å². The van der Waals surface area contributed by atoms with Crippen LogP contribution in [0.5, 0.6) is 11.5 Å². The smallest absolute Gasteiger partial charge is 0.416 e. The van der Waals surface area contributed by atoms with E-state index in [1.54, 1.807) is 26.0 Å². The second-order valence-electron chi connectivity index (χ2n) is 10.3. The van der Waals surface area contributed by atoms with Gasteiger partial charge < -0.3 is 14.8 Å². The number of methoxy groups -OCH3 is 2. The number of hydrogen-bond acceptors (Lipinski definition) is 6. The fourth-order valence-electron chi connectivity index (χ4n) is 6.62. The summed E-state index contributed by atoms with van der Waals surface area (Å²) in [6.07, 6.45) is -1.00. The van der Waals surface area contributed by atoms with E-state index in [0.717, 1.165) is 45.4 Å². The molecular weight excluding hydrogens is 549 g/mol. The Balaban J connectivity index is 1.35. The fraction of sp³-hybridized carbons (Fsp3) is 0.429. The number of hydrogen-bond donors (Lipinski definition) is 1. The molecule has 6 rings (SSSR count). The highest BCUT2D eigenvalue weighted by Gasteiger charge is 2.55. The fourth-order valence-corrected chi connectivity index (χ4v) is 9.77. The van der Waals surface area contributed by atoms with E-state index in [9.17, 15) is 22.8 Å². The van der Waals surface area contributed by atoms with Crippen LogP contribution in [0.2, 0.25) is 0 Å². The maximum atomic E-state index is 13.3. The minimum absolute atomic E-state index is 0.00756. The number of nitrogens with zero attached hydrogens (tertiary/aromatic N) is 1. The van der Waals surface area contributed by atoms with Crippen LogP contribution >= 0.6 is 23.1 Å². The molecule has 1 aliphatic heterocycles. The minimum Gasteiger partial charge on any atom is -0.493 e. The van der Waals surface area contributed by atoms with Crippen LogP contribution in [-0.4, -0.2) is 29.9 Å². The van der Waals surface area contributed by atoms with E-state index in [1.807, 2.05) is 18.2 Å². The third-order valence-corrected chi connectivity index (χ3v) is 11.1. The highest BCUT2D eigenvalue weighted by molar-refractivity contribution is 8.00. The zero-order valence-corrected chi connectivity index (χ0v) is 22.9. The van der Waals surface area contributed by atoms with Crippen LogP contribution in [0, 0.1) is 17.8 Å². The summed E-state index contributed by atoms with van der Waals surface area (Å²) in [5, 5.41) is 3.66. The van der Waals surface area contributed by atoms with Gasteiger partial charge >= 0.3 is 11.0 Å². The molecule has 11 heteroatoms. The minimum atomic E-state index is -4.52. The molecule has 6 nitrogen and oxygen atoms in total. The zero-order chi connectivity index (χ0) is 27.5. The molecule has 1 aromatic heterocycles. The molecule has 2 saturated carbocycles. The number of anilines is 1. The van der Waals surface area contributed by atoms with Crippen molar-refractivity contribution >= 4 is 34.7 Å². The van der Waals surface area contributed by atoms with E-state index in [0.29, 0.717) is 34.5 Å². The largest absolute Gasteiger partial charge is 0.493 e. The lowest BCUT2D eigenvalue weighted by molar-refractivity contribution is -0.137. The van der Waals surface area contributed by atoms with Crippen LogP contribution in [0.15, 0.2) is 52.3 Å². The second kappa shape index (κ2) is 9.92. The summed E-state index contributed by atoms with van der Waals surface area (Å²) in [4.78, 5) is 26.9. The SMILES string of the molecule is COc1ccc(C2c3sc(=O)n(CC(=O)Nc4cccc(C(F)(F)F)c4)c3SC3C4CCC(C4)C23)cc1OC. The van der Waals surface area contributed by atoms with E-state index in [2.05, 4.69) is 5.32 Å².